The molecule has 0 bridgehead atoms. The lowest BCUT2D eigenvalue weighted by Crippen LogP contribution is -2.37. The van der Waals surface area contributed by atoms with E-state index in [1.807, 2.05) is 25.2 Å². The molecule has 0 saturated heterocycles. The molecule has 2 N–H and O–H groups in total. The summed E-state index contributed by atoms with van der Waals surface area (Å²) in [6.45, 7) is 3.96. The Morgan fingerprint density at radius 2 is 2.24 bits per heavy atom. The van der Waals surface area contributed by atoms with Crippen LogP contribution in [0.1, 0.15) is 13.8 Å². The number of rotatable bonds is 4. The molecule has 17 heavy (non-hydrogen) atoms. The van der Waals surface area contributed by atoms with Gasteiger partial charge in [0.25, 0.3) is 0 Å². The fourth-order valence-electron chi connectivity index (χ4n) is 1.48. The number of carbonyl (C=O) groups excluding carboxylic acids is 1. The number of hydrogen-bond acceptors (Lipinski definition) is 4. The van der Waals surface area contributed by atoms with Crippen molar-refractivity contribution in [3.05, 3.63) is 22.7 Å². The van der Waals surface area contributed by atoms with Crippen LogP contribution >= 0.6 is 15.9 Å². The number of esters is 1. The van der Waals surface area contributed by atoms with Gasteiger partial charge in [0.1, 0.15) is 6.04 Å². The first-order valence-electron chi connectivity index (χ1n) is 5.41. The third kappa shape index (κ3) is 3.36. The number of likely N-dealkylation sites (N-methyl/N-ethyl adjacent to an activating group) is 1. The topological polar surface area (TPSA) is 55.6 Å². The maximum absolute atomic E-state index is 11.6. The molecular formula is C12H17BrN2O2. The molecule has 94 valence electrons. The van der Waals surface area contributed by atoms with E-state index in [2.05, 4.69) is 15.9 Å². The Bertz CT molecular complexity index is 409. The van der Waals surface area contributed by atoms with E-state index in [-0.39, 0.29) is 12.0 Å². The van der Waals surface area contributed by atoms with Crippen LogP contribution in [0.5, 0.6) is 0 Å². The predicted molar refractivity (Wildman–Crippen MR) is 73.1 cm³/mol. The lowest BCUT2D eigenvalue weighted by atomic mass is 10.2. The van der Waals surface area contributed by atoms with Crippen LogP contribution in [0, 0.1) is 0 Å². The number of carbonyl (C=O) groups is 1. The molecule has 1 unspecified atom stereocenters. The molecule has 0 aromatic heterocycles. The van der Waals surface area contributed by atoms with Crippen molar-refractivity contribution in [2.24, 2.45) is 0 Å². The highest BCUT2D eigenvalue weighted by molar-refractivity contribution is 9.10. The summed E-state index contributed by atoms with van der Waals surface area (Å²) in [7, 11) is 1.82. The van der Waals surface area contributed by atoms with Gasteiger partial charge in [0.15, 0.2) is 0 Å². The number of anilines is 2. The molecule has 4 nitrogen and oxygen atoms in total. The summed E-state index contributed by atoms with van der Waals surface area (Å²) in [6, 6.07) is 5.21. The summed E-state index contributed by atoms with van der Waals surface area (Å²) in [5.74, 6) is -0.252. The molecule has 0 fully saturated rings. The SMILES string of the molecule is CCOC(=O)C(C)N(C)c1ccc(Br)cc1N. The summed E-state index contributed by atoms with van der Waals surface area (Å²) >= 11 is 3.35. The molecule has 1 aromatic carbocycles. The summed E-state index contributed by atoms with van der Waals surface area (Å²) in [5, 5.41) is 0. The van der Waals surface area contributed by atoms with Crippen molar-refractivity contribution in [1.82, 2.24) is 0 Å². The van der Waals surface area contributed by atoms with Crippen molar-refractivity contribution >= 4 is 33.3 Å². The predicted octanol–water partition coefficient (Wildman–Crippen LogP) is 2.42. The Hall–Kier alpha value is -1.23. The molecule has 1 atom stereocenters. The molecule has 0 aliphatic heterocycles. The van der Waals surface area contributed by atoms with Gasteiger partial charge < -0.3 is 15.4 Å². The molecule has 5 heteroatoms. The fourth-order valence-corrected chi connectivity index (χ4v) is 1.85. The highest BCUT2D eigenvalue weighted by Gasteiger charge is 2.20. The van der Waals surface area contributed by atoms with E-state index in [0.29, 0.717) is 12.3 Å². The second kappa shape index (κ2) is 5.91. The summed E-state index contributed by atoms with van der Waals surface area (Å²) in [4.78, 5) is 13.4. The average Bonchev–Trinajstić information content (AvgIpc) is 2.27. The first kappa shape index (κ1) is 13.8. The normalized spacial score (nSPS) is 12.0. The lowest BCUT2D eigenvalue weighted by molar-refractivity contribution is -0.144. The van der Waals surface area contributed by atoms with Crippen LogP contribution in [-0.4, -0.2) is 25.7 Å². The molecule has 0 saturated carbocycles. The standard InChI is InChI=1S/C12H17BrN2O2/c1-4-17-12(16)8(2)15(3)11-6-5-9(13)7-10(11)14/h5-8H,4,14H2,1-3H3. The van der Waals surface area contributed by atoms with Crippen molar-refractivity contribution < 1.29 is 9.53 Å². The molecule has 1 rings (SSSR count). The van der Waals surface area contributed by atoms with Crippen molar-refractivity contribution in [2.45, 2.75) is 19.9 Å². The minimum atomic E-state index is -0.363. The van der Waals surface area contributed by atoms with E-state index >= 15 is 0 Å². The number of ether oxygens (including phenoxy) is 1. The van der Waals surface area contributed by atoms with Crippen LogP contribution in [0.4, 0.5) is 11.4 Å². The summed E-state index contributed by atoms with van der Waals surface area (Å²) in [5.41, 5.74) is 7.35. The van der Waals surface area contributed by atoms with Crippen molar-refractivity contribution in [2.75, 3.05) is 24.3 Å². The van der Waals surface area contributed by atoms with E-state index in [0.717, 1.165) is 10.2 Å². The minimum Gasteiger partial charge on any atom is -0.464 e. The van der Waals surface area contributed by atoms with Crippen LogP contribution in [-0.2, 0) is 9.53 Å². The number of nitrogens with two attached hydrogens (primary N) is 1. The van der Waals surface area contributed by atoms with Gasteiger partial charge in [-0.05, 0) is 32.0 Å². The van der Waals surface area contributed by atoms with Gasteiger partial charge in [-0.15, -0.1) is 0 Å². The quantitative estimate of drug-likeness (QED) is 0.685. The molecule has 0 spiro atoms. The van der Waals surface area contributed by atoms with Gasteiger partial charge in [-0.1, -0.05) is 15.9 Å². The highest BCUT2D eigenvalue weighted by atomic mass is 79.9. The van der Waals surface area contributed by atoms with Gasteiger partial charge in [-0.25, -0.2) is 4.79 Å². The molecule has 0 aliphatic rings. The second-order valence-electron chi connectivity index (χ2n) is 3.74. The zero-order valence-electron chi connectivity index (χ0n) is 10.2. The van der Waals surface area contributed by atoms with Crippen LogP contribution < -0.4 is 10.6 Å². The van der Waals surface area contributed by atoms with Gasteiger partial charge in [0.2, 0.25) is 0 Å². The van der Waals surface area contributed by atoms with Gasteiger partial charge in [0.05, 0.1) is 18.0 Å². The van der Waals surface area contributed by atoms with Crippen molar-refractivity contribution in [3.63, 3.8) is 0 Å². The Labute approximate surface area is 110 Å². The Morgan fingerprint density at radius 1 is 1.59 bits per heavy atom. The maximum Gasteiger partial charge on any atom is 0.328 e. The largest absolute Gasteiger partial charge is 0.464 e. The zero-order chi connectivity index (χ0) is 13.0. The smallest absolute Gasteiger partial charge is 0.328 e. The van der Waals surface area contributed by atoms with Crippen LogP contribution in [0.25, 0.3) is 0 Å². The average molecular weight is 301 g/mol. The van der Waals surface area contributed by atoms with E-state index in [1.54, 1.807) is 18.7 Å². The van der Waals surface area contributed by atoms with E-state index in [9.17, 15) is 4.79 Å². The van der Waals surface area contributed by atoms with E-state index < -0.39 is 0 Å². The Morgan fingerprint density at radius 3 is 2.76 bits per heavy atom. The zero-order valence-corrected chi connectivity index (χ0v) is 11.8. The molecule has 0 radical (unpaired) electrons. The molecule has 0 heterocycles. The molecular weight excluding hydrogens is 284 g/mol. The minimum absolute atomic E-state index is 0.252. The van der Waals surface area contributed by atoms with Gasteiger partial charge >= 0.3 is 5.97 Å². The number of nitrogen functional groups attached to an aromatic ring is 1. The van der Waals surface area contributed by atoms with E-state index in [1.165, 1.54) is 0 Å². The third-order valence-corrected chi connectivity index (χ3v) is 3.07. The molecule has 0 amide bonds. The Kier molecular flexibility index (Phi) is 4.81. The first-order chi connectivity index (χ1) is 7.97. The van der Waals surface area contributed by atoms with Gasteiger partial charge in [-0.3, -0.25) is 0 Å². The molecule has 0 aliphatic carbocycles. The van der Waals surface area contributed by atoms with E-state index in [4.69, 9.17) is 10.5 Å². The van der Waals surface area contributed by atoms with Gasteiger partial charge in [-0.2, -0.15) is 0 Å². The number of hydrogen-bond donors (Lipinski definition) is 1. The highest BCUT2D eigenvalue weighted by Crippen LogP contribution is 2.27. The third-order valence-electron chi connectivity index (χ3n) is 2.58. The number of benzene rings is 1. The van der Waals surface area contributed by atoms with Crippen LogP contribution in [0.2, 0.25) is 0 Å². The lowest BCUT2D eigenvalue weighted by Gasteiger charge is -2.26. The second-order valence-corrected chi connectivity index (χ2v) is 4.66. The number of nitrogens with zero attached hydrogens (tertiary/aromatic N) is 1. The molecule has 1 aromatic rings. The van der Waals surface area contributed by atoms with Gasteiger partial charge in [0, 0.05) is 11.5 Å². The monoisotopic (exact) mass is 300 g/mol. The maximum atomic E-state index is 11.6. The first-order valence-corrected chi connectivity index (χ1v) is 6.21. The van der Waals surface area contributed by atoms with Crippen molar-refractivity contribution in [3.8, 4) is 0 Å². The summed E-state index contributed by atoms with van der Waals surface area (Å²) in [6.07, 6.45) is 0. The fraction of sp³-hybridized carbons (Fsp3) is 0.417. The summed E-state index contributed by atoms with van der Waals surface area (Å²) < 4.78 is 5.89. The Balaban J connectivity index is 2.88. The van der Waals surface area contributed by atoms with Crippen molar-refractivity contribution in [1.29, 1.82) is 0 Å². The van der Waals surface area contributed by atoms with Crippen LogP contribution in [0.3, 0.4) is 0 Å². The van der Waals surface area contributed by atoms with Crippen LogP contribution in [0.15, 0.2) is 22.7 Å². The number of halogens is 1.